The van der Waals surface area contributed by atoms with E-state index in [2.05, 4.69) is 0 Å². The number of hydrogen-bond donors (Lipinski definition) is 1. The molecule has 1 aromatic carbocycles. The topological polar surface area (TPSA) is 152 Å². The van der Waals surface area contributed by atoms with E-state index in [4.69, 9.17) is 35.3 Å². The molecule has 39 heavy (non-hydrogen) atoms. The summed E-state index contributed by atoms with van der Waals surface area (Å²) >= 11 is 5.88. The molecule has 1 aromatic rings. The maximum atomic E-state index is 13.3. The summed E-state index contributed by atoms with van der Waals surface area (Å²) in [5.74, 6) is -12.6. The van der Waals surface area contributed by atoms with Gasteiger partial charge in [-0.05, 0) is 36.1 Å². The quantitative estimate of drug-likeness (QED) is 0.294. The normalized spacial score (nSPS) is 27.9. The van der Waals surface area contributed by atoms with Crippen LogP contribution in [-0.4, -0.2) is 69.0 Å². The third-order valence-corrected chi connectivity index (χ3v) is 7.45. The van der Waals surface area contributed by atoms with Crippen LogP contribution in [0.2, 0.25) is 5.02 Å². The molecule has 1 saturated carbocycles. The van der Waals surface area contributed by atoms with Crippen molar-refractivity contribution in [2.45, 2.75) is 18.9 Å². The molecule has 0 aromatic heterocycles. The monoisotopic (exact) mass is 564 g/mol. The van der Waals surface area contributed by atoms with Gasteiger partial charge in [0, 0.05) is 17.0 Å². The molecule has 210 valence electrons. The summed E-state index contributed by atoms with van der Waals surface area (Å²) in [4.78, 5) is 65.3. The molecule has 12 heteroatoms. The van der Waals surface area contributed by atoms with Gasteiger partial charge in [0.25, 0.3) is 0 Å². The van der Waals surface area contributed by atoms with Crippen LogP contribution in [0.3, 0.4) is 0 Å². The molecule has 0 spiro atoms. The number of rotatable bonds is 7. The third kappa shape index (κ3) is 5.41. The van der Waals surface area contributed by atoms with Gasteiger partial charge >= 0.3 is 29.8 Å². The van der Waals surface area contributed by atoms with Crippen molar-refractivity contribution in [1.29, 1.82) is 0 Å². The van der Waals surface area contributed by atoms with Crippen LogP contribution >= 0.6 is 11.6 Å². The van der Waals surface area contributed by atoms with Gasteiger partial charge in [-0.25, -0.2) is 9.59 Å². The van der Waals surface area contributed by atoms with Crippen LogP contribution in [0.5, 0.6) is 0 Å². The van der Waals surface area contributed by atoms with Crippen LogP contribution in [0, 0.1) is 29.6 Å². The number of benzene rings is 1. The lowest BCUT2D eigenvalue weighted by atomic mass is 9.50. The minimum atomic E-state index is -2.55. The van der Waals surface area contributed by atoms with Crippen molar-refractivity contribution in [3.8, 4) is 0 Å². The predicted octanol–water partition coefficient (Wildman–Crippen LogP) is 2.09. The maximum absolute atomic E-state index is 13.3. The van der Waals surface area contributed by atoms with Gasteiger partial charge in [-0.3, -0.25) is 14.4 Å². The lowest BCUT2D eigenvalue weighted by Crippen LogP contribution is -2.68. The Balaban J connectivity index is 2.26. The van der Waals surface area contributed by atoms with E-state index in [1.165, 1.54) is 6.08 Å². The zero-order valence-electron chi connectivity index (χ0n) is 22.0. The van der Waals surface area contributed by atoms with Crippen LogP contribution in [0.1, 0.15) is 18.9 Å². The minimum Gasteiger partial charge on any atom is -0.469 e. The van der Waals surface area contributed by atoms with E-state index < -0.39 is 70.8 Å². The van der Waals surface area contributed by atoms with Gasteiger partial charge in [-0.2, -0.15) is 0 Å². The lowest BCUT2D eigenvalue weighted by molar-refractivity contribution is -0.212. The molecule has 11 nitrogen and oxygen atoms in total. The Hall–Kier alpha value is -3.70. The highest BCUT2D eigenvalue weighted by Gasteiger charge is 2.71. The van der Waals surface area contributed by atoms with Gasteiger partial charge < -0.3 is 28.8 Å². The zero-order valence-corrected chi connectivity index (χ0v) is 22.7. The van der Waals surface area contributed by atoms with Crippen molar-refractivity contribution < 1.29 is 52.8 Å². The Labute approximate surface area is 229 Å². The zero-order chi connectivity index (χ0) is 29.1. The molecule has 0 amide bonds. The van der Waals surface area contributed by atoms with Crippen LogP contribution in [0.15, 0.2) is 41.7 Å². The Kier molecular flexibility index (Phi) is 9.18. The second kappa shape index (κ2) is 12.0. The Morgan fingerprint density at radius 1 is 0.897 bits per heavy atom. The van der Waals surface area contributed by atoms with Gasteiger partial charge in [-0.1, -0.05) is 30.7 Å². The first kappa shape index (κ1) is 29.9. The van der Waals surface area contributed by atoms with E-state index in [-0.39, 0.29) is 12.0 Å². The number of hydrogen-bond acceptors (Lipinski definition) is 11. The molecule has 3 rings (SSSR count). The Morgan fingerprint density at radius 3 is 2.00 bits per heavy atom. The highest BCUT2D eigenvalue weighted by Crippen LogP contribution is 2.58. The molecule has 0 radical (unpaired) electrons. The van der Waals surface area contributed by atoms with Gasteiger partial charge in [0.1, 0.15) is 17.3 Å². The highest BCUT2D eigenvalue weighted by molar-refractivity contribution is 6.30. The van der Waals surface area contributed by atoms with Crippen LogP contribution in [0.4, 0.5) is 0 Å². The van der Waals surface area contributed by atoms with Crippen molar-refractivity contribution in [3.05, 3.63) is 52.3 Å². The number of carbonyl (C=O) groups is 5. The number of methoxy groups -OCH3 is 4. The first-order valence-electron chi connectivity index (χ1n) is 11.9. The highest BCUT2D eigenvalue weighted by atomic mass is 35.5. The van der Waals surface area contributed by atoms with Crippen LogP contribution < -0.4 is 0 Å². The second-order valence-corrected chi connectivity index (χ2v) is 9.68. The smallest absolute Gasteiger partial charge is 0.337 e. The van der Waals surface area contributed by atoms with E-state index in [1.807, 2.05) is 0 Å². The predicted molar refractivity (Wildman–Crippen MR) is 134 cm³/mol. The van der Waals surface area contributed by atoms with Gasteiger partial charge in [0.05, 0.1) is 45.8 Å². The van der Waals surface area contributed by atoms with E-state index in [1.54, 1.807) is 31.2 Å². The number of esters is 5. The van der Waals surface area contributed by atoms with E-state index >= 15 is 0 Å². The first-order valence-corrected chi connectivity index (χ1v) is 12.3. The van der Waals surface area contributed by atoms with Gasteiger partial charge in [0.2, 0.25) is 0 Å². The second-order valence-electron chi connectivity index (χ2n) is 9.24. The molecule has 0 aliphatic heterocycles. The summed E-state index contributed by atoms with van der Waals surface area (Å²) in [5.41, 5.74) is -2.29. The fraction of sp³-hybridized carbons (Fsp3) is 0.444. The third-order valence-electron chi connectivity index (χ3n) is 7.20. The molecular weight excluding hydrogens is 536 g/mol. The molecule has 2 aliphatic rings. The SMILES string of the molecule is COC(=O)C1=C(OC(=O)C=Cc2ccc(Cl)cc2)C(C(=O)OC)[C@@]2(O)[C@@H](C(=O)OC)[C@H](C)C[C@@H]1[C@@H]2C(=O)OC. The Bertz CT molecular complexity index is 1220. The van der Waals surface area contributed by atoms with Crippen molar-refractivity contribution in [3.63, 3.8) is 0 Å². The summed E-state index contributed by atoms with van der Waals surface area (Å²) in [6.07, 6.45) is 2.42. The number of aliphatic hydroxyl groups is 1. The van der Waals surface area contributed by atoms with E-state index in [9.17, 15) is 29.1 Å². The van der Waals surface area contributed by atoms with Gasteiger partial charge in [0.15, 0.2) is 0 Å². The first-order chi connectivity index (χ1) is 18.5. The molecule has 0 heterocycles. The fourth-order valence-corrected chi connectivity index (χ4v) is 5.76. The summed E-state index contributed by atoms with van der Waals surface area (Å²) in [6.45, 7) is 1.60. The maximum Gasteiger partial charge on any atom is 0.337 e. The fourth-order valence-electron chi connectivity index (χ4n) is 5.63. The number of ether oxygens (including phenoxy) is 5. The van der Waals surface area contributed by atoms with Crippen LogP contribution in [-0.2, 0) is 47.7 Å². The summed E-state index contributed by atoms with van der Waals surface area (Å²) < 4.78 is 25.2. The van der Waals surface area contributed by atoms with Crippen molar-refractivity contribution in [1.82, 2.24) is 0 Å². The molecule has 1 fully saturated rings. The standard InChI is InChI=1S/C27H29ClO11/c1-13-12-16-18(23(30)35-2)22(39-17(29)11-8-14-6-9-15(28)10-7-14)21(26(33)38-5)27(34,19(13)24(31)36-3)20(16)25(32)37-4/h6-11,13,16,19-21,34H,12H2,1-5H3/t13-,16+,19-,20-,21?,27-/m1/s1. The van der Waals surface area contributed by atoms with E-state index in [0.29, 0.717) is 10.6 Å². The summed E-state index contributed by atoms with van der Waals surface area (Å²) in [5, 5.41) is 12.7. The minimum absolute atomic E-state index is 0.0121. The van der Waals surface area contributed by atoms with E-state index in [0.717, 1.165) is 34.5 Å². The lowest BCUT2D eigenvalue weighted by Gasteiger charge is -2.55. The van der Waals surface area contributed by atoms with Crippen molar-refractivity contribution >= 4 is 47.5 Å². The summed E-state index contributed by atoms with van der Waals surface area (Å²) in [6, 6.07) is 6.49. The largest absolute Gasteiger partial charge is 0.469 e. The Morgan fingerprint density at radius 2 is 1.46 bits per heavy atom. The molecular formula is C27H29ClO11. The number of fused-ring (bicyclic) bond motifs is 2. The average Bonchev–Trinajstić information content (AvgIpc) is 2.91. The number of halogens is 1. The molecule has 1 N–H and O–H groups in total. The molecule has 2 aliphatic carbocycles. The summed E-state index contributed by atoms with van der Waals surface area (Å²) in [7, 11) is 4.22. The number of carbonyl (C=O) groups excluding carboxylic acids is 5. The molecule has 1 unspecified atom stereocenters. The van der Waals surface area contributed by atoms with Crippen LogP contribution in [0.25, 0.3) is 6.08 Å². The molecule has 0 saturated heterocycles. The van der Waals surface area contributed by atoms with Crippen molar-refractivity contribution in [2.75, 3.05) is 28.4 Å². The molecule has 2 bridgehead atoms. The van der Waals surface area contributed by atoms with Crippen molar-refractivity contribution in [2.24, 2.45) is 29.6 Å². The van der Waals surface area contributed by atoms with Gasteiger partial charge in [-0.15, -0.1) is 0 Å². The molecule has 6 atom stereocenters. The average molecular weight is 565 g/mol.